The lowest BCUT2D eigenvalue weighted by Gasteiger charge is -2.36. The summed E-state index contributed by atoms with van der Waals surface area (Å²) in [7, 11) is 0. The number of aromatic nitrogens is 1. The molecule has 0 aliphatic carbocycles. The minimum absolute atomic E-state index is 0.133. The molecule has 1 aromatic heterocycles. The largest absolute Gasteiger partial charge is 0.433 e. The number of halogens is 8. The van der Waals surface area contributed by atoms with Crippen molar-refractivity contribution in [2.24, 2.45) is 0 Å². The number of pyridine rings is 1. The first kappa shape index (κ1) is 27.9. The maximum absolute atomic E-state index is 14.1. The molecule has 2 saturated heterocycles. The highest BCUT2D eigenvalue weighted by molar-refractivity contribution is 6.42. The third-order valence-corrected chi connectivity index (χ3v) is 7.51. The van der Waals surface area contributed by atoms with Crippen LogP contribution in [0.4, 0.5) is 37.8 Å². The third-order valence-electron chi connectivity index (χ3n) is 6.67. The first-order valence-corrected chi connectivity index (χ1v) is 12.4. The molecular weight excluding hydrogens is 579 g/mol. The van der Waals surface area contributed by atoms with Gasteiger partial charge in [0, 0.05) is 12.2 Å². The van der Waals surface area contributed by atoms with Gasteiger partial charge < -0.3 is 14.4 Å². The van der Waals surface area contributed by atoms with Gasteiger partial charge in [0.15, 0.2) is 11.9 Å². The van der Waals surface area contributed by atoms with Gasteiger partial charge in [-0.1, -0.05) is 23.2 Å². The van der Waals surface area contributed by atoms with E-state index in [1.165, 1.54) is 30.9 Å². The molecule has 2 amide bonds. The van der Waals surface area contributed by atoms with Crippen LogP contribution in [0.2, 0.25) is 10.0 Å². The summed E-state index contributed by atoms with van der Waals surface area (Å²) >= 11 is 12.4. The number of nitrogens with zero attached hydrogens (tertiary/aromatic N) is 3. The Morgan fingerprint density at radius 3 is 2.41 bits per heavy atom. The minimum Gasteiger partial charge on any atom is -0.341 e. The number of amides is 2. The van der Waals surface area contributed by atoms with Crippen LogP contribution in [0.25, 0.3) is 0 Å². The zero-order valence-electron chi connectivity index (χ0n) is 20.2. The summed E-state index contributed by atoms with van der Waals surface area (Å²) in [6.07, 6.45) is -12.4. The maximum Gasteiger partial charge on any atom is 0.433 e. The van der Waals surface area contributed by atoms with Gasteiger partial charge in [-0.25, -0.2) is 4.98 Å². The van der Waals surface area contributed by atoms with Crippen molar-refractivity contribution in [3.8, 4) is 0 Å². The first-order valence-electron chi connectivity index (χ1n) is 11.6. The van der Waals surface area contributed by atoms with Crippen molar-refractivity contribution < 1.29 is 45.4 Å². The van der Waals surface area contributed by atoms with Gasteiger partial charge in [-0.05, 0) is 56.5 Å². The number of carbonyl (C=O) groups excluding carboxylic acids is 2. The predicted octanol–water partition coefficient (Wildman–Crippen LogP) is 5.64. The van der Waals surface area contributed by atoms with Crippen LogP contribution in [0, 0.1) is 0 Å². The van der Waals surface area contributed by atoms with Gasteiger partial charge in [-0.15, -0.1) is 0 Å². The molecule has 2 fully saturated rings. The number of fused-ring (bicyclic) bond motifs is 2. The Morgan fingerprint density at radius 1 is 1.08 bits per heavy atom. The second kappa shape index (κ2) is 9.22. The number of carbonyl (C=O) groups is 2. The number of anilines is 2. The van der Waals surface area contributed by atoms with Gasteiger partial charge >= 0.3 is 12.4 Å². The Hall–Kier alpha value is -2.61. The van der Waals surface area contributed by atoms with E-state index in [4.69, 9.17) is 32.7 Å². The van der Waals surface area contributed by atoms with Crippen molar-refractivity contribution in [1.82, 2.24) is 4.98 Å². The number of hydrogen-bond acceptors (Lipinski definition) is 5. The lowest BCUT2D eigenvalue weighted by molar-refractivity contribution is -0.161. The molecule has 7 nitrogen and oxygen atoms in total. The maximum atomic E-state index is 14.1. The van der Waals surface area contributed by atoms with Gasteiger partial charge in [0.05, 0.1) is 15.6 Å². The van der Waals surface area contributed by atoms with E-state index in [1.54, 1.807) is 0 Å². The van der Waals surface area contributed by atoms with Crippen molar-refractivity contribution in [1.29, 1.82) is 0 Å². The summed E-state index contributed by atoms with van der Waals surface area (Å²) in [5.74, 6) is -4.24. The number of alkyl halides is 6. The molecule has 0 radical (unpaired) electrons. The van der Waals surface area contributed by atoms with E-state index in [1.807, 2.05) is 0 Å². The van der Waals surface area contributed by atoms with Gasteiger partial charge in [-0.3, -0.25) is 14.5 Å². The van der Waals surface area contributed by atoms with Crippen LogP contribution in [0.5, 0.6) is 0 Å². The molecule has 3 aliphatic heterocycles. The lowest BCUT2D eigenvalue weighted by Crippen LogP contribution is -2.53. The summed E-state index contributed by atoms with van der Waals surface area (Å²) in [5, 5.41) is 0.449. The fourth-order valence-electron chi connectivity index (χ4n) is 5.08. The Balaban J connectivity index is 1.65. The SMILES string of the molecule is CC1(C)O[C@@H]2[C@H](O1)C(=O)N(c1cc(C(F)(F)F)cc(C(F)(F)F)n1)[C@@H]2C(=O)N1CCCc2c1ccc(Cl)c2Cl. The number of ether oxygens (including phenoxy) is 2. The van der Waals surface area contributed by atoms with Crippen LogP contribution < -0.4 is 9.80 Å². The van der Waals surface area contributed by atoms with E-state index in [9.17, 15) is 35.9 Å². The molecule has 3 aliphatic rings. The quantitative estimate of drug-likeness (QED) is 0.419. The average molecular weight is 598 g/mol. The molecule has 15 heteroatoms. The van der Waals surface area contributed by atoms with Crippen LogP contribution in [0.1, 0.15) is 37.1 Å². The van der Waals surface area contributed by atoms with Crippen molar-refractivity contribution in [3.05, 3.63) is 51.1 Å². The van der Waals surface area contributed by atoms with E-state index >= 15 is 0 Å². The predicted molar refractivity (Wildman–Crippen MR) is 126 cm³/mol. The van der Waals surface area contributed by atoms with Gasteiger partial charge in [-0.2, -0.15) is 26.3 Å². The summed E-state index contributed by atoms with van der Waals surface area (Å²) in [6.45, 7) is 3.06. The second-order valence-corrected chi connectivity index (χ2v) is 10.5. The normalized spacial score (nSPS) is 24.7. The highest BCUT2D eigenvalue weighted by Crippen LogP contribution is 2.44. The molecule has 39 heavy (non-hydrogen) atoms. The highest BCUT2D eigenvalue weighted by Gasteiger charge is 2.62. The minimum atomic E-state index is -5.27. The van der Waals surface area contributed by atoms with Crippen LogP contribution in [0.15, 0.2) is 24.3 Å². The van der Waals surface area contributed by atoms with E-state index in [0.717, 1.165) is 0 Å². The second-order valence-electron chi connectivity index (χ2n) is 9.72. The van der Waals surface area contributed by atoms with Crippen molar-refractivity contribution >= 4 is 46.5 Å². The Labute approximate surface area is 227 Å². The molecule has 210 valence electrons. The molecule has 0 spiro atoms. The van der Waals surface area contributed by atoms with Gasteiger partial charge in [0.2, 0.25) is 0 Å². The van der Waals surface area contributed by atoms with Crippen LogP contribution >= 0.6 is 23.2 Å². The summed E-state index contributed by atoms with van der Waals surface area (Å²) < 4.78 is 92.8. The molecule has 1 aromatic carbocycles. The van der Waals surface area contributed by atoms with Gasteiger partial charge in [0.1, 0.15) is 23.7 Å². The Morgan fingerprint density at radius 2 is 1.77 bits per heavy atom. The van der Waals surface area contributed by atoms with Gasteiger partial charge in [0.25, 0.3) is 11.8 Å². The first-order chi connectivity index (χ1) is 18.0. The molecule has 2 aromatic rings. The summed E-state index contributed by atoms with van der Waals surface area (Å²) in [4.78, 5) is 32.6. The van der Waals surface area contributed by atoms with Crippen LogP contribution in [0.3, 0.4) is 0 Å². The molecule has 0 N–H and O–H groups in total. The smallest absolute Gasteiger partial charge is 0.341 e. The molecule has 0 bridgehead atoms. The zero-order chi connectivity index (χ0) is 28.7. The van der Waals surface area contributed by atoms with Crippen LogP contribution in [-0.2, 0) is 37.8 Å². The molecule has 0 saturated carbocycles. The van der Waals surface area contributed by atoms with Crippen molar-refractivity contribution in [2.45, 2.75) is 63.1 Å². The van der Waals surface area contributed by atoms with Crippen LogP contribution in [-0.4, -0.2) is 47.4 Å². The lowest BCUT2D eigenvalue weighted by atomic mass is 9.99. The monoisotopic (exact) mass is 597 g/mol. The number of benzene rings is 1. The fourth-order valence-corrected chi connectivity index (χ4v) is 5.51. The molecule has 5 rings (SSSR count). The van der Waals surface area contributed by atoms with Crippen molar-refractivity contribution in [2.75, 3.05) is 16.3 Å². The highest BCUT2D eigenvalue weighted by atomic mass is 35.5. The summed E-state index contributed by atoms with van der Waals surface area (Å²) in [6, 6.07) is 1.42. The Kier molecular flexibility index (Phi) is 6.60. The zero-order valence-corrected chi connectivity index (χ0v) is 21.7. The van der Waals surface area contributed by atoms with E-state index in [0.29, 0.717) is 35.1 Å². The van der Waals surface area contributed by atoms with E-state index in [2.05, 4.69) is 4.98 Å². The number of rotatable bonds is 2. The molecular formula is C24H19Cl2F6N3O4. The topological polar surface area (TPSA) is 72.0 Å². The molecule has 3 atom stereocenters. The molecule has 4 heterocycles. The molecule has 0 unspecified atom stereocenters. The average Bonchev–Trinajstić information content (AvgIpc) is 3.29. The third kappa shape index (κ3) is 4.83. The standard InChI is InChI=1S/C24H19Cl2F6N3O4/c1-22(2)38-18-17(20(36)34-7-3-4-11-13(34)6-5-12(25)16(11)26)35(21(37)19(18)39-22)15-9-10(23(27,28)29)8-14(33-15)24(30,31)32/h5-6,8-9,17-19H,3-4,7H2,1-2H3/t17-,18-,19-/m0/s1. The van der Waals surface area contributed by atoms with E-state index < -0.39 is 65.3 Å². The van der Waals surface area contributed by atoms with E-state index in [-0.39, 0.29) is 22.7 Å². The van der Waals surface area contributed by atoms with Crippen molar-refractivity contribution in [3.63, 3.8) is 0 Å². The Bertz CT molecular complexity index is 1330. The summed E-state index contributed by atoms with van der Waals surface area (Å²) in [5.41, 5.74) is -2.68. The fraction of sp³-hybridized carbons (Fsp3) is 0.458. The number of hydrogen-bond donors (Lipinski definition) is 0.